The Balaban J connectivity index is 1.36. The van der Waals surface area contributed by atoms with Crippen molar-refractivity contribution in [3.05, 3.63) is 18.5 Å². The van der Waals surface area contributed by atoms with Crippen LogP contribution in [-0.2, 0) is 22.6 Å². The summed E-state index contributed by atoms with van der Waals surface area (Å²) >= 11 is 0. The molecule has 2 aliphatic rings. The summed E-state index contributed by atoms with van der Waals surface area (Å²) < 4.78 is 15.4. The van der Waals surface area contributed by atoms with Crippen LogP contribution in [0.2, 0.25) is 0 Å². The fraction of sp³-hybridized carbons (Fsp3) is 0.733. The van der Waals surface area contributed by atoms with Gasteiger partial charge in [-0.05, 0) is 36.3 Å². The third-order valence-electron chi connectivity index (χ3n) is 4.99. The van der Waals surface area contributed by atoms with Crippen molar-refractivity contribution in [3.8, 4) is 0 Å². The molecular weight excluding hydrogens is 310 g/mol. The largest absolute Gasteiger partial charge is 0.348 e. The van der Waals surface area contributed by atoms with Crippen LogP contribution in [-0.4, -0.2) is 62.1 Å². The SMILES string of the molecule is CC1(C2CCN(c3nnnn3CCn3cccn3)CC2)OCCO1. The molecular formula is C15H23N7O2. The van der Waals surface area contributed by atoms with Crippen LogP contribution in [0, 0.1) is 5.92 Å². The molecule has 0 aliphatic carbocycles. The first-order valence-corrected chi connectivity index (χ1v) is 8.51. The quantitative estimate of drug-likeness (QED) is 0.790. The van der Waals surface area contributed by atoms with Crippen molar-refractivity contribution < 1.29 is 9.47 Å². The molecule has 0 bridgehead atoms. The number of tetrazole rings is 1. The van der Waals surface area contributed by atoms with Crippen LogP contribution in [0.4, 0.5) is 5.95 Å². The third-order valence-corrected chi connectivity index (χ3v) is 4.99. The number of hydrogen-bond donors (Lipinski definition) is 0. The summed E-state index contributed by atoms with van der Waals surface area (Å²) in [6.45, 7) is 6.73. The zero-order valence-corrected chi connectivity index (χ0v) is 13.9. The molecule has 2 fully saturated rings. The number of aryl methyl sites for hydroxylation is 2. The van der Waals surface area contributed by atoms with Gasteiger partial charge < -0.3 is 14.4 Å². The maximum atomic E-state index is 5.81. The Morgan fingerprint density at radius 3 is 2.71 bits per heavy atom. The number of ether oxygens (including phenoxy) is 2. The van der Waals surface area contributed by atoms with E-state index in [4.69, 9.17) is 9.47 Å². The van der Waals surface area contributed by atoms with E-state index in [1.165, 1.54) is 0 Å². The van der Waals surface area contributed by atoms with Gasteiger partial charge in [0.1, 0.15) is 0 Å². The van der Waals surface area contributed by atoms with Crippen molar-refractivity contribution in [2.75, 3.05) is 31.2 Å². The first-order valence-electron chi connectivity index (χ1n) is 8.51. The molecule has 24 heavy (non-hydrogen) atoms. The van der Waals surface area contributed by atoms with Crippen LogP contribution in [0.25, 0.3) is 0 Å². The highest BCUT2D eigenvalue weighted by atomic mass is 16.7. The van der Waals surface area contributed by atoms with Gasteiger partial charge in [-0.2, -0.15) is 5.10 Å². The Morgan fingerprint density at radius 1 is 1.21 bits per heavy atom. The lowest BCUT2D eigenvalue weighted by molar-refractivity contribution is -0.185. The fourth-order valence-electron chi connectivity index (χ4n) is 3.57. The molecule has 9 heteroatoms. The van der Waals surface area contributed by atoms with E-state index in [2.05, 4.69) is 32.4 Å². The third kappa shape index (κ3) is 3.01. The number of hydrogen-bond acceptors (Lipinski definition) is 7. The van der Waals surface area contributed by atoms with Gasteiger partial charge >= 0.3 is 0 Å². The zero-order chi connectivity index (χ0) is 16.4. The Labute approximate surface area is 140 Å². The summed E-state index contributed by atoms with van der Waals surface area (Å²) in [6, 6.07) is 1.92. The van der Waals surface area contributed by atoms with E-state index in [0.717, 1.165) is 38.4 Å². The van der Waals surface area contributed by atoms with E-state index in [1.54, 1.807) is 6.20 Å². The lowest BCUT2D eigenvalue weighted by atomic mass is 9.89. The average molecular weight is 333 g/mol. The van der Waals surface area contributed by atoms with Gasteiger partial charge in [0.25, 0.3) is 0 Å². The molecule has 2 aliphatic heterocycles. The summed E-state index contributed by atoms with van der Waals surface area (Å²) in [7, 11) is 0. The molecule has 0 amide bonds. The van der Waals surface area contributed by atoms with Gasteiger partial charge in [0, 0.05) is 31.4 Å². The lowest BCUT2D eigenvalue weighted by Gasteiger charge is -2.39. The molecule has 2 saturated heterocycles. The van der Waals surface area contributed by atoms with Gasteiger partial charge in [0.15, 0.2) is 5.79 Å². The highest BCUT2D eigenvalue weighted by Gasteiger charge is 2.41. The summed E-state index contributed by atoms with van der Waals surface area (Å²) in [4.78, 5) is 2.25. The van der Waals surface area contributed by atoms with Crippen LogP contribution >= 0.6 is 0 Å². The molecule has 0 unspecified atom stereocenters. The van der Waals surface area contributed by atoms with E-state index >= 15 is 0 Å². The first kappa shape index (κ1) is 15.5. The van der Waals surface area contributed by atoms with Crippen LogP contribution in [0.5, 0.6) is 0 Å². The van der Waals surface area contributed by atoms with Crippen molar-refractivity contribution in [1.29, 1.82) is 0 Å². The minimum Gasteiger partial charge on any atom is -0.348 e. The van der Waals surface area contributed by atoms with Gasteiger partial charge in [-0.25, -0.2) is 4.68 Å². The molecule has 0 spiro atoms. The minimum absolute atomic E-state index is 0.419. The van der Waals surface area contributed by atoms with E-state index in [0.29, 0.717) is 25.7 Å². The van der Waals surface area contributed by atoms with Gasteiger partial charge in [-0.1, -0.05) is 5.10 Å². The minimum atomic E-state index is -0.419. The maximum absolute atomic E-state index is 5.81. The second-order valence-electron chi connectivity index (χ2n) is 6.45. The standard InChI is InChI=1S/C15H23N7O2/c1-15(23-11-12-24-15)13-3-7-20(8-4-13)14-17-18-19-22(14)10-9-21-6-2-5-16-21/h2,5-6,13H,3-4,7-12H2,1H3. The lowest BCUT2D eigenvalue weighted by Crippen LogP contribution is -2.45. The highest BCUT2D eigenvalue weighted by molar-refractivity contribution is 5.28. The molecule has 0 saturated carbocycles. The molecule has 0 aromatic carbocycles. The number of piperidine rings is 1. The van der Waals surface area contributed by atoms with Crippen LogP contribution in [0.1, 0.15) is 19.8 Å². The van der Waals surface area contributed by atoms with Crippen LogP contribution in [0.3, 0.4) is 0 Å². The molecule has 0 radical (unpaired) electrons. The average Bonchev–Trinajstić information content (AvgIpc) is 3.35. The predicted octanol–water partition coefficient (Wildman–Crippen LogP) is 0.549. The smallest absolute Gasteiger partial charge is 0.245 e. The topological polar surface area (TPSA) is 83.1 Å². The van der Waals surface area contributed by atoms with Crippen molar-refractivity contribution >= 4 is 5.95 Å². The van der Waals surface area contributed by atoms with E-state index in [9.17, 15) is 0 Å². The van der Waals surface area contributed by atoms with Gasteiger partial charge in [-0.15, -0.1) is 0 Å². The molecule has 0 atom stereocenters. The molecule has 4 heterocycles. The fourth-order valence-corrected chi connectivity index (χ4v) is 3.57. The van der Waals surface area contributed by atoms with E-state index in [1.807, 2.05) is 21.6 Å². The molecule has 2 aromatic heterocycles. The predicted molar refractivity (Wildman–Crippen MR) is 85.3 cm³/mol. The zero-order valence-electron chi connectivity index (χ0n) is 13.9. The number of anilines is 1. The van der Waals surface area contributed by atoms with Crippen molar-refractivity contribution in [3.63, 3.8) is 0 Å². The van der Waals surface area contributed by atoms with Crippen molar-refractivity contribution in [2.45, 2.75) is 38.6 Å². The first-order chi connectivity index (χ1) is 11.7. The number of aromatic nitrogens is 6. The summed E-state index contributed by atoms with van der Waals surface area (Å²) in [5.41, 5.74) is 0. The Bertz CT molecular complexity index is 643. The van der Waals surface area contributed by atoms with Crippen molar-refractivity contribution in [2.24, 2.45) is 5.92 Å². The van der Waals surface area contributed by atoms with Crippen LogP contribution < -0.4 is 4.90 Å². The number of nitrogens with zero attached hydrogens (tertiary/aromatic N) is 7. The summed E-state index contributed by atoms with van der Waals surface area (Å²) in [6.07, 6.45) is 5.75. The molecule has 130 valence electrons. The van der Waals surface area contributed by atoms with Crippen LogP contribution in [0.15, 0.2) is 18.5 Å². The molecule has 9 nitrogen and oxygen atoms in total. The number of rotatable bonds is 5. The van der Waals surface area contributed by atoms with E-state index < -0.39 is 5.79 Å². The molecule has 2 aromatic rings. The van der Waals surface area contributed by atoms with Gasteiger partial charge in [0.2, 0.25) is 5.95 Å². The van der Waals surface area contributed by atoms with Crippen molar-refractivity contribution in [1.82, 2.24) is 30.0 Å². The monoisotopic (exact) mass is 333 g/mol. The molecule has 0 N–H and O–H groups in total. The Kier molecular flexibility index (Phi) is 4.19. The molecule has 4 rings (SSSR count). The Morgan fingerprint density at radius 2 is 2.00 bits per heavy atom. The second-order valence-corrected chi connectivity index (χ2v) is 6.45. The van der Waals surface area contributed by atoms with Gasteiger partial charge in [-0.3, -0.25) is 4.68 Å². The highest BCUT2D eigenvalue weighted by Crippen LogP contribution is 2.35. The van der Waals surface area contributed by atoms with E-state index in [-0.39, 0.29) is 0 Å². The maximum Gasteiger partial charge on any atom is 0.245 e. The summed E-state index contributed by atoms with van der Waals surface area (Å²) in [5.74, 6) is 0.835. The Hall–Kier alpha value is -2.00. The second kappa shape index (κ2) is 6.48. The van der Waals surface area contributed by atoms with Gasteiger partial charge in [0.05, 0.1) is 26.3 Å². The normalized spacial score (nSPS) is 21.5. The summed E-state index contributed by atoms with van der Waals surface area (Å²) in [5, 5.41) is 16.4.